The van der Waals surface area contributed by atoms with E-state index in [1.54, 1.807) is 6.07 Å². The highest BCUT2D eigenvalue weighted by Gasteiger charge is 2.22. The molecule has 6 nitrogen and oxygen atoms in total. The zero-order valence-corrected chi connectivity index (χ0v) is 11.6. The lowest BCUT2D eigenvalue weighted by Crippen LogP contribution is -2.41. The second-order valence-corrected chi connectivity index (χ2v) is 4.42. The Hall–Kier alpha value is -1.82. The number of nitrogens with one attached hydrogen (secondary N) is 1. The minimum atomic E-state index is -0.455. The third-order valence-corrected chi connectivity index (χ3v) is 2.69. The molecule has 0 saturated carbocycles. The van der Waals surface area contributed by atoms with Crippen LogP contribution in [0.15, 0.2) is 16.7 Å². The van der Waals surface area contributed by atoms with E-state index in [2.05, 4.69) is 10.1 Å². The largest absolute Gasteiger partial charge is 0.468 e. The van der Waals surface area contributed by atoms with Gasteiger partial charge >= 0.3 is 11.9 Å². The van der Waals surface area contributed by atoms with E-state index in [0.717, 1.165) is 0 Å². The zero-order chi connectivity index (χ0) is 14.4. The van der Waals surface area contributed by atoms with Gasteiger partial charge in [0.25, 0.3) is 0 Å². The maximum atomic E-state index is 11.5. The van der Waals surface area contributed by atoms with Gasteiger partial charge < -0.3 is 13.9 Å². The molecule has 0 fully saturated rings. The van der Waals surface area contributed by atoms with E-state index in [1.807, 2.05) is 13.8 Å². The number of methoxy groups -OCH3 is 2. The highest BCUT2D eigenvalue weighted by atomic mass is 16.5. The summed E-state index contributed by atoms with van der Waals surface area (Å²) in [6.07, 6.45) is 1.32. The van der Waals surface area contributed by atoms with Crippen LogP contribution in [0.1, 0.15) is 30.0 Å². The van der Waals surface area contributed by atoms with E-state index in [-0.39, 0.29) is 11.9 Å². The number of carbonyl (C=O) groups is 2. The van der Waals surface area contributed by atoms with Crippen LogP contribution in [0.25, 0.3) is 0 Å². The van der Waals surface area contributed by atoms with Crippen LogP contribution in [-0.4, -0.2) is 32.2 Å². The fraction of sp³-hybridized carbons (Fsp3) is 0.538. The van der Waals surface area contributed by atoms with Crippen LogP contribution in [0.2, 0.25) is 0 Å². The van der Waals surface area contributed by atoms with Crippen molar-refractivity contribution in [1.29, 1.82) is 0 Å². The van der Waals surface area contributed by atoms with E-state index in [0.29, 0.717) is 17.9 Å². The molecule has 0 bridgehead atoms. The smallest absolute Gasteiger partial charge is 0.341 e. The maximum absolute atomic E-state index is 11.5. The average Bonchev–Trinajstić information content (AvgIpc) is 2.86. The molecule has 0 aliphatic rings. The minimum absolute atomic E-state index is 0.0856. The minimum Gasteiger partial charge on any atom is -0.468 e. The quantitative estimate of drug-likeness (QED) is 0.785. The predicted octanol–water partition coefficient (Wildman–Crippen LogP) is 1.35. The first-order valence-corrected chi connectivity index (χ1v) is 5.96. The molecule has 0 unspecified atom stereocenters. The highest BCUT2D eigenvalue weighted by molar-refractivity contribution is 5.88. The van der Waals surface area contributed by atoms with E-state index in [9.17, 15) is 9.59 Å². The molecule has 1 N–H and O–H groups in total. The molecule has 0 aliphatic carbocycles. The van der Waals surface area contributed by atoms with Gasteiger partial charge in [0.1, 0.15) is 18.1 Å². The standard InChI is InChI=1S/C13H19NO5/c1-8(2)11(13(16)18-4)14-6-10-5-9(7-19-10)12(15)17-3/h5,7-8,11,14H,6H2,1-4H3/t11-/m0/s1. The van der Waals surface area contributed by atoms with Crippen molar-refractivity contribution in [3.8, 4) is 0 Å². The van der Waals surface area contributed by atoms with Crippen LogP contribution >= 0.6 is 0 Å². The second kappa shape index (κ2) is 6.94. The first-order chi connectivity index (χ1) is 8.99. The summed E-state index contributed by atoms with van der Waals surface area (Å²) in [5.74, 6) is -0.143. The van der Waals surface area contributed by atoms with Crippen molar-refractivity contribution in [3.05, 3.63) is 23.7 Å². The molecule has 1 heterocycles. The number of hydrogen-bond donors (Lipinski definition) is 1. The maximum Gasteiger partial charge on any atom is 0.341 e. The Balaban J connectivity index is 2.62. The molecular weight excluding hydrogens is 250 g/mol. The summed E-state index contributed by atoms with van der Waals surface area (Å²) in [7, 11) is 2.65. The number of hydrogen-bond acceptors (Lipinski definition) is 6. The first kappa shape index (κ1) is 15.2. The molecule has 0 amide bonds. The molecule has 6 heteroatoms. The highest BCUT2D eigenvalue weighted by Crippen LogP contribution is 2.10. The van der Waals surface area contributed by atoms with Crippen molar-refractivity contribution >= 4 is 11.9 Å². The third-order valence-electron chi connectivity index (χ3n) is 2.69. The molecule has 19 heavy (non-hydrogen) atoms. The molecule has 1 rings (SSSR count). The van der Waals surface area contributed by atoms with E-state index in [1.165, 1.54) is 20.5 Å². The van der Waals surface area contributed by atoms with Crippen molar-refractivity contribution in [2.75, 3.05) is 14.2 Å². The summed E-state index contributed by atoms with van der Waals surface area (Å²) < 4.78 is 14.5. The van der Waals surface area contributed by atoms with E-state index < -0.39 is 12.0 Å². The number of esters is 2. The van der Waals surface area contributed by atoms with Gasteiger partial charge in [0.15, 0.2) is 0 Å². The summed E-state index contributed by atoms with van der Waals surface area (Å²) in [5.41, 5.74) is 0.346. The molecule has 0 spiro atoms. The van der Waals surface area contributed by atoms with Crippen LogP contribution in [0.3, 0.4) is 0 Å². The molecule has 0 saturated heterocycles. The molecule has 0 aliphatic heterocycles. The zero-order valence-electron chi connectivity index (χ0n) is 11.6. The van der Waals surface area contributed by atoms with Gasteiger partial charge in [-0.3, -0.25) is 10.1 Å². The number of carbonyl (C=O) groups excluding carboxylic acids is 2. The van der Waals surface area contributed by atoms with Gasteiger partial charge in [-0.1, -0.05) is 13.8 Å². The molecule has 1 atom stereocenters. The second-order valence-electron chi connectivity index (χ2n) is 4.42. The lowest BCUT2D eigenvalue weighted by Gasteiger charge is -2.18. The van der Waals surface area contributed by atoms with Gasteiger partial charge in [0.05, 0.1) is 26.3 Å². The van der Waals surface area contributed by atoms with Gasteiger partial charge in [-0.2, -0.15) is 0 Å². The number of furan rings is 1. The van der Waals surface area contributed by atoms with Crippen molar-refractivity contribution in [2.45, 2.75) is 26.4 Å². The lowest BCUT2D eigenvalue weighted by atomic mass is 10.0. The van der Waals surface area contributed by atoms with Crippen LogP contribution in [0, 0.1) is 5.92 Å². The van der Waals surface area contributed by atoms with E-state index >= 15 is 0 Å². The number of ether oxygens (including phenoxy) is 2. The Morgan fingerprint density at radius 2 is 2.00 bits per heavy atom. The Morgan fingerprint density at radius 3 is 2.53 bits per heavy atom. The Labute approximate surface area is 112 Å². The van der Waals surface area contributed by atoms with Crippen LogP contribution < -0.4 is 5.32 Å². The van der Waals surface area contributed by atoms with Crippen molar-refractivity contribution in [1.82, 2.24) is 5.32 Å². The average molecular weight is 269 g/mol. The summed E-state index contributed by atoms with van der Waals surface area (Å²) in [6, 6.07) is 1.16. The normalized spacial score (nSPS) is 12.3. The lowest BCUT2D eigenvalue weighted by molar-refractivity contribution is -0.144. The molecular formula is C13H19NO5. The summed E-state index contributed by atoms with van der Waals surface area (Å²) in [4.78, 5) is 22.8. The van der Waals surface area contributed by atoms with Gasteiger partial charge in [0.2, 0.25) is 0 Å². The van der Waals surface area contributed by atoms with Gasteiger partial charge in [-0.05, 0) is 12.0 Å². The van der Waals surface area contributed by atoms with E-state index in [4.69, 9.17) is 9.15 Å². The van der Waals surface area contributed by atoms with Crippen molar-refractivity contribution in [3.63, 3.8) is 0 Å². The number of rotatable bonds is 6. The summed E-state index contributed by atoms with van der Waals surface area (Å²) in [6.45, 7) is 4.15. The summed E-state index contributed by atoms with van der Waals surface area (Å²) in [5, 5.41) is 3.04. The molecule has 0 radical (unpaired) electrons. The molecule has 1 aromatic rings. The van der Waals surface area contributed by atoms with Gasteiger partial charge in [-0.25, -0.2) is 4.79 Å². The predicted molar refractivity (Wildman–Crippen MR) is 67.5 cm³/mol. The third kappa shape index (κ3) is 4.10. The molecule has 0 aromatic carbocycles. The Bertz CT molecular complexity index is 438. The van der Waals surface area contributed by atoms with Crippen LogP contribution in [0.4, 0.5) is 0 Å². The van der Waals surface area contributed by atoms with Crippen molar-refractivity contribution in [2.24, 2.45) is 5.92 Å². The first-order valence-electron chi connectivity index (χ1n) is 5.96. The van der Waals surface area contributed by atoms with Gasteiger partial charge in [-0.15, -0.1) is 0 Å². The molecule has 106 valence electrons. The van der Waals surface area contributed by atoms with Crippen LogP contribution in [0.5, 0.6) is 0 Å². The monoisotopic (exact) mass is 269 g/mol. The summed E-state index contributed by atoms with van der Waals surface area (Å²) >= 11 is 0. The fourth-order valence-electron chi connectivity index (χ4n) is 1.63. The van der Waals surface area contributed by atoms with Crippen LogP contribution in [-0.2, 0) is 20.8 Å². The fourth-order valence-corrected chi connectivity index (χ4v) is 1.63. The topological polar surface area (TPSA) is 77.8 Å². The Kier molecular flexibility index (Phi) is 5.57. The van der Waals surface area contributed by atoms with Crippen molar-refractivity contribution < 1.29 is 23.5 Å². The Morgan fingerprint density at radius 1 is 1.32 bits per heavy atom. The molecule has 1 aromatic heterocycles. The SMILES string of the molecule is COC(=O)c1coc(CN[C@H](C(=O)OC)C(C)C)c1. The van der Waals surface area contributed by atoms with Gasteiger partial charge in [0, 0.05) is 0 Å².